The van der Waals surface area contributed by atoms with Crippen LogP contribution in [0.25, 0.3) is 0 Å². The summed E-state index contributed by atoms with van der Waals surface area (Å²) in [6.07, 6.45) is 1.13. The molecule has 1 aromatic rings. The van der Waals surface area contributed by atoms with Crippen molar-refractivity contribution in [3.63, 3.8) is 0 Å². The van der Waals surface area contributed by atoms with E-state index in [2.05, 4.69) is 48.5 Å². The smallest absolute Gasteiger partial charge is 0.191 e. The Bertz CT molecular complexity index is 438. The summed E-state index contributed by atoms with van der Waals surface area (Å²) in [5.41, 5.74) is 1.29. The third-order valence-electron chi connectivity index (χ3n) is 2.93. The highest BCUT2D eigenvalue weighted by Gasteiger charge is 2.22. The Morgan fingerprint density at radius 2 is 2.11 bits per heavy atom. The first-order valence-electron chi connectivity index (χ1n) is 6.71. The zero-order chi connectivity index (χ0) is 13.9. The Morgan fingerprint density at radius 3 is 2.74 bits per heavy atom. The van der Waals surface area contributed by atoms with Crippen LogP contribution < -0.4 is 15.4 Å². The molecule has 1 heterocycles. The minimum absolute atomic E-state index is 0.00133. The first-order chi connectivity index (χ1) is 8.98. The molecule has 1 aliphatic rings. The molecule has 2 N–H and O–H groups in total. The topological polar surface area (TPSA) is 45.7 Å². The molecule has 0 amide bonds. The summed E-state index contributed by atoms with van der Waals surface area (Å²) < 4.78 is 5.89. The molecule has 0 saturated carbocycles. The molecular weight excluding hydrogens is 238 g/mol. The van der Waals surface area contributed by atoms with Gasteiger partial charge in [0, 0.05) is 19.0 Å². The van der Waals surface area contributed by atoms with Gasteiger partial charge in [-0.05, 0) is 32.4 Å². The fourth-order valence-corrected chi connectivity index (χ4v) is 2.11. The number of nitrogens with zero attached hydrogens (tertiary/aromatic N) is 1. The number of fused-ring (bicyclic) bond motifs is 1. The zero-order valence-electron chi connectivity index (χ0n) is 12.2. The van der Waals surface area contributed by atoms with E-state index in [9.17, 15) is 0 Å². The van der Waals surface area contributed by atoms with E-state index < -0.39 is 0 Å². The van der Waals surface area contributed by atoms with Crippen molar-refractivity contribution in [1.29, 1.82) is 0 Å². The molecule has 0 aromatic heterocycles. The third-order valence-corrected chi connectivity index (χ3v) is 2.93. The third kappa shape index (κ3) is 3.88. The second kappa shape index (κ2) is 5.51. The quantitative estimate of drug-likeness (QED) is 0.632. The molecule has 0 radical (unpaired) electrons. The molecule has 0 saturated heterocycles. The van der Waals surface area contributed by atoms with E-state index in [1.807, 2.05) is 12.1 Å². The predicted molar refractivity (Wildman–Crippen MR) is 78.8 cm³/mol. The summed E-state index contributed by atoms with van der Waals surface area (Å²) in [7, 11) is 1.78. The summed E-state index contributed by atoms with van der Waals surface area (Å²) in [5, 5.41) is 6.65. The van der Waals surface area contributed by atoms with Gasteiger partial charge in [-0.15, -0.1) is 0 Å². The van der Waals surface area contributed by atoms with Crippen molar-refractivity contribution in [3.05, 3.63) is 29.8 Å². The molecule has 1 aromatic carbocycles. The SMILES string of the molecule is CN=C(NCC1Cc2ccccc2O1)NC(C)(C)C. The van der Waals surface area contributed by atoms with Crippen molar-refractivity contribution < 1.29 is 4.74 Å². The number of hydrogen-bond acceptors (Lipinski definition) is 2. The number of rotatable bonds is 2. The summed E-state index contributed by atoms with van der Waals surface area (Å²) in [5.74, 6) is 1.82. The second-order valence-corrected chi connectivity index (χ2v) is 5.88. The molecule has 1 atom stereocenters. The van der Waals surface area contributed by atoms with Gasteiger partial charge in [-0.3, -0.25) is 4.99 Å². The number of ether oxygens (including phenoxy) is 1. The van der Waals surface area contributed by atoms with E-state index >= 15 is 0 Å². The van der Waals surface area contributed by atoms with Crippen molar-refractivity contribution in [2.75, 3.05) is 13.6 Å². The van der Waals surface area contributed by atoms with Gasteiger partial charge >= 0.3 is 0 Å². The molecule has 1 unspecified atom stereocenters. The van der Waals surface area contributed by atoms with Gasteiger partial charge in [-0.25, -0.2) is 0 Å². The molecule has 0 bridgehead atoms. The number of guanidine groups is 1. The van der Waals surface area contributed by atoms with Crippen molar-refractivity contribution in [3.8, 4) is 5.75 Å². The first-order valence-corrected chi connectivity index (χ1v) is 6.71. The van der Waals surface area contributed by atoms with Gasteiger partial charge in [0.1, 0.15) is 11.9 Å². The summed E-state index contributed by atoms with van der Waals surface area (Å²) >= 11 is 0. The minimum Gasteiger partial charge on any atom is -0.488 e. The maximum atomic E-state index is 5.89. The summed E-state index contributed by atoms with van der Waals surface area (Å²) in [6.45, 7) is 7.09. The minimum atomic E-state index is 0.00133. The number of para-hydroxylation sites is 1. The highest BCUT2D eigenvalue weighted by atomic mass is 16.5. The summed E-state index contributed by atoms with van der Waals surface area (Å²) in [6, 6.07) is 8.21. The Balaban J connectivity index is 1.84. The van der Waals surface area contributed by atoms with E-state index in [-0.39, 0.29) is 11.6 Å². The lowest BCUT2D eigenvalue weighted by atomic mass is 10.1. The fourth-order valence-electron chi connectivity index (χ4n) is 2.11. The fraction of sp³-hybridized carbons (Fsp3) is 0.533. The zero-order valence-corrected chi connectivity index (χ0v) is 12.2. The molecule has 4 heteroatoms. The Hall–Kier alpha value is -1.71. The average molecular weight is 261 g/mol. The van der Waals surface area contributed by atoms with Crippen LogP contribution >= 0.6 is 0 Å². The van der Waals surface area contributed by atoms with Gasteiger partial charge in [0.15, 0.2) is 5.96 Å². The van der Waals surface area contributed by atoms with Crippen LogP contribution in [-0.4, -0.2) is 31.2 Å². The molecule has 19 heavy (non-hydrogen) atoms. The van der Waals surface area contributed by atoms with Crippen LogP contribution in [0.1, 0.15) is 26.3 Å². The monoisotopic (exact) mass is 261 g/mol. The average Bonchev–Trinajstić information content (AvgIpc) is 2.75. The van der Waals surface area contributed by atoms with Crippen LogP contribution in [-0.2, 0) is 6.42 Å². The number of aliphatic imine (C=N–C) groups is 1. The molecule has 2 rings (SSSR count). The van der Waals surface area contributed by atoms with E-state index in [4.69, 9.17) is 4.74 Å². The van der Waals surface area contributed by atoms with Gasteiger partial charge < -0.3 is 15.4 Å². The predicted octanol–water partition coefficient (Wildman–Crippen LogP) is 1.95. The number of nitrogens with one attached hydrogen (secondary N) is 2. The van der Waals surface area contributed by atoms with Gasteiger partial charge in [-0.1, -0.05) is 18.2 Å². The lowest BCUT2D eigenvalue weighted by Gasteiger charge is -2.24. The first kappa shape index (κ1) is 13.7. The van der Waals surface area contributed by atoms with E-state index in [0.29, 0.717) is 0 Å². The molecule has 0 aliphatic carbocycles. The normalized spacial score (nSPS) is 18.7. The Labute approximate surface area is 115 Å². The van der Waals surface area contributed by atoms with E-state index in [1.54, 1.807) is 7.05 Å². The largest absolute Gasteiger partial charge is 0.488 e. The molecule has 0 spiro atoms. The lowest BCUT2D eigenvalue weighted by molar-refractivity contribution is 0.234. The highest BCUT2D eigenvalue weighted by Crippen LogP contribution is 2.27. The maximum absolute atomic E-state index is 5.89. The van der Waals surface area contributed by atoms with Crippen LogP contribution in [0.3, 0.4) is 0 Å². The van der Waals surface area contributed by atoms with Gasteiger partial charge in [0.2, 0.25) is 0 Å². The molecule has 4 nitrogen and oxygen atoms in total. The van der Waals surface area contributed by atoms with Crippen LogP contribution in [0.4, 0.5) is 0 Å². The Morgan fingerprint density at radius 1 is 1.37 bits per heavy atom. The lowest BCUT2D eigenvalue weighted by Crippen LogP contribution is -2.49. The molecular formula is C15H23N3O. The van der Waals surface area contributed by atoms with Crippen molar-refractivity contribution >= 4 is 5.96 Å². The summed E-state index contributed by atoms with van der Waals surface area (Å²) in [4.78, 5) is 4.22. The molecule has 0 fully saturated rings. The van der Waals surface area contributed by atoms with Crippen molar-refractivity contribution in [2.24, 2.45) is 4.99 Å². The van der Waals surface area contributed by atoms with Gasteiger partial charge in [-0.2, -0.15) is 0 Å². The van der Waals surface area contributed by atoms with Crippen molar-refractivity contribution in [2.45, 2.75) is 38.8 Å². The van der Waals surface area contributed by atoms with Crippen LogP contribution in [0, 0.1) is 0 Å². The molecule has 104 valence electrons. The highest BCUT2D eigenvalue weighted by molar-refractivity contribution is 5.80. The van der Waals surface area contributed by atoms with Crippen molar-refractivity contribution in [1.82, 2.24) is 10.6 Å². The number of benzene rings is 1. The van der Waals surface area contributed by atoms with Crippen LogP contribution in [0.5, 0.6) is 5.75 Å². The second-order valence-electron chi connectivity index (χ2n) is 5.88. The van der Waals surface area contributed by atoms with Gasteiger partial charge in [0.25, 0.3) is 0 Å². The van der Waals surface area contributed by atoms with E-state index in [1.165, 1.54) is 5.56 Å². The molecule has 1 aliphatic heterocycles. The van der Waals surface area contributed by atoms with Crippen LogP contribution in [0.2, 0.25) is 0 Å². The maximum Gasteiger partial charge on any atom is 0.191 e. The van der Waals surface area contributed by atoms with Gasteiger partial charge in [0.05, 0.1) is 6.54 Å². The van der Waals surface area contributed by atoms with Crippen LogP contribution in [0.15, 0.2) is 29.3 Å². The Kier molecular flexibility index (Phi) is 3.98. The number of hydrogen-bond donors (Lipinski definition) is 2. The van der Waals surface area contributed by atoms with E-state index in [0.717, 1.165) is 24.7 Å². The standard InChI is InChI=1S/C15H23N3O/c1-15(2,3)18-14(16-4)17-10-12-9-11-7-5-6-8-13(11)19-12/h5-8,12H,9-10H2,1-4H3,(H2,16,17,18).